The van der Waals surface area contributed by atoms with Crippen molar-refractivity contribution in [2.45, 2.75) is 6.17 Å². The summed E-state index contributed by atoms with van der Waals surface area (Å²) in [4.78, 5) is 14.8. The van der Waals surface area contributed by atoms with Gasteiger partial charge in [0.25, 0.3) is 5.91 Å². The number of anilines is 2. The number of halogens is 3. The molecule has 130 valence electrons. The lowest BCUT2D eigenvalue weighted by Crippen LogP contribution is -2.43. The van der Waals surface area contributed by atoms with Crippen LogP contribution < -0.4 is 10.2 Å². The predicted octanol–water partition coefficient (Wildman–Crippen LogP) is 5.90. The molecule has 3 aromatic carbocycles. The summed E-state index contributed by atoms with van der Waals surface area (Å²) in [6.45, 7) is 0. The number of hydrogen-bond acceptors (Lipinski definition) is 2. The van der Waals surface area contributed by atoms with Crippen molar-refractivity contribution in [3.8, 4) is 0 Å². The van der Waals surface area contributed by atoms with E-state index in [1.54, 1.807) is 18.2 Å². The van der Waals surface area contributed by atoms with Crippen LogP contribution in [0.4, 0.5) is 15.8 Å². The monoisotopic (exact) mass is 386 g/mol. The summed E-state index contributed by atoms with van der Waals surface area (Å²) in [5, 5.41) is 3.83. The van der Waals surface area contributed by atoms with Crippen molar-refractivity contribution in [2.75, 3.05) is 10.2 Å². The molecule has 0 aromatic heterocycles. The van der Waals surface area contributed by atoms with Gasteiger partial charge in [0.05, 0.1) is 10.6 Å². The lowest BCUT2D eigenvalue weighted by molar-refractivity contribution is 0.0975. The van der Waals surface area contributed by atoms with Crippen molar-refractivity contribution in [1.82, 2.24) is 0 Å². The molecule has 1 atom stereocenters. The van der Waals surface area contributed by atoms with Gasteiger partial charge in [0.2, 0.25) is 0 Å². The molecule has 1 heterocycles. The van der Waals surface area contributed by atoms with Crippen LogP contribution >= 0.6 is 23.2 Å². The van der Waals surface area contributed by atoms with E-state index in [2.05, 4.69) is 5.32 Å². The van der Waals surface area contributed by atoms with Gasteiger partial charge in [0.15, 0.2) is 0 Å². The third kappa shape index (κ3) is 2.81. The maximum absolute atomic E-state index is 13.6. The second-order valence-electron chi connectivity index (χ2n) is 5.89. The Morgan fingerprint density at radius 3 is 2.42 bits per heavy atom. The normalized spacial score (nSPS) is 16.2. The van der Waals surface area contributed by atoms with Crippen LogP contribution in [0.5, 0.6) is 0 Å². The smallest absolute Gasteiger partial charge is 0.262 e. The van der Waals surface area contributed by atoms with Gasteiger partial charge in [-0.15, -0.1) is 0 Å². The van der Waals surface area contributed by atoms with E-state index in [0.29, 0.717) is 22.0 Å². The largest absolute Gasteiger partial charge is 0.360 e. The van der Waals surface area contributed by atoms with Gasteiger partial charge < -0.3 is 5.32 Å². The van der Waals surface area contributed by atoms with Crippen molar-refractivity contribution in [3.63, 3.8) is 0 Å². The van der Waals surface area contributed by atoms with Crippen molar-refractivity contribution < 1.29 is 9.18 Å². The van der Waals surface area contributed by atoms with Crippen LogP contribution in [0.3, 0.4) is 0 Å². The first-order chi connectivity index (χ1) is 12.6. The first-order valence-corrected chi connectivity index (χ1v) is 8.70. The van der Waals surface area contributed by atoms with Gasteiger partial charge in [-0.1, -0.05) is 53.5 Å². The third-order valence-electron chi connectivity index (χ3n) is 4.31. The number of nitrogens with one attached hydrogen (secondary N) is 1. The minimum atomic E-state index is -0.548. The molecule has 1 unspecified atom stereocenters. The molecule has 0 saturated carbocycles. The molecule has 0 fully saturated rings. The van der Waals surface area contributed by atoms with Crippen molar-refractivity contribution >= 4 is 40.5 Å². The highest BCUT2D eigenvalue weighted by atomic mass is 35.5. The molecule has 1 N–H and O–H groups in total. The molecule has 0 bridgehead atoms. The Hall–Kier alpha value is -2.56. The second-order valence-corrected chi connectivity index (χ2v) is 6.70. The lowest BCUT2D eigenvalue weighted by atomic mass is 10.0. The van der Waals surface area contributed by atoms with Gasteiger partial charge in [-0.3, -0.25) is 9.69 Å². The molecular formula is C20H13Cl2FN2O. The fourth-order valence-corrected chi connectivity index (χ4v) is 3.48. The Morgan fingerprint density at radius 2 is 1.65 bits per heavy atom. The molecule has 0 saturated heterocycles. The van der Waals surface area contributed by atoms with Crippen molar-refractivity contribution in [2.24, 2.45) is 0 Å². The van der Waals surface area contributed by atoms with E-state index in [4.69, 9.17) is 23.2 Å². The van der Waals surface area contributed by atoms with E-state index in [1.807, 2.05) is 30.3 Å². The summed E-state index contributed by atoms with van der Waals surface area (Å²) in [5.74, 6) is -0.755. The molecule has 0 aliphatic carbocycles. The second kappa shape index (κ2) is 6.63. The molecule has 3 nitrogen and oxygen atoms in total. The van der Waals surface area contributed by atoms with Crippen LogP contribution in [0.15, 0.2) is 66.7 Å². The average molecular weight is 387 g/mol. The summed E-state index contributed by atoms with van der Waals surface area (Å²) in [7, 11) is 0. The Balaban J connectivity index is 1.90. The summed E-state index contributed by atoms with van der Waals surface area (Å²) in [6, 6.07) is 18.7. The van der Waals surface area contributed by atoms with Crippen LogP contribution in [-0.2, 0) is 0 Å². The fraction of sp³-hybridized carbons (Fsp3) is 0.0500. The highest BCUT2D eigenvalue weighted by molar-refractivity contribution is 6.32. The van der Waals surface area contributed by atoms with E-state index in [-0.39, 0.29) is 10.9 Å². The number of carbonyl (C=O) groups excluding carboxylic acids is 1. The number of fused-ring (bicyclic) bond motifs is 1. The lowest BCUT2D eigenvalue weighted by Gasteiger charge is -2.38. The highest BCUT2D eigenvalue weighted by Gasteiger charge is 2.35. The first kappa shape index (κ1) is 16.9. The van der Waals surface area contributed by atoms with Crippen LogP contribution in [-0.4, -0.2) is 5.91 Å². The molecule has 4 rings (SSSR count). The number of hydrogen-bond donors (Lipinski definition) is 1. The fourth-order valence-electron chi connectivity index (χ4n) is 3.07. The number of benzene rings is 3. The van der Waals surface area contributed by atoms with Gasteiger partial charge in [-0.05, 0) is 36.4 Å². The van der Waals surface area contributed by atoms with Gasteiger partial charge in [0, 0.05) is 22.0 Å². The minimum absolute atomic E-state index is 0.0490. The van der Waals surface area contributed by atoms with E-state index < -0.39 is 12.0 Å². The Bertz CT molecular complexity index is 1010. The van der Waals surface area contributed by atoms with Crippen LogP contribution in [0, 0.1) is 5.82 Å². The Labute approximate surface area is 160 Å². The molecular weight excluding hydrogens is 374 g/mol. The first-order valence-electron chi connectivity index (χ1n) is 7.95. The molecule has 26 heavy (non-hydrogen) atoms. The number of nitrogens with zero attached hydrogens (tertiary/aromatic N) is 1. The highest BCUT2D eigenvalue weighted by Crippen LogP contribution is 2.39. The molecule has 1 amide bonds. The predicted molar refractivity (Wildman–Crippen MR) is 102 cm³/mol. The van der Waals surface area contributed by atoms with Crippen molar-refractivity contribution in [1.29, 1.82) is 0 Å². The summed E-state index contributed by atoms with van der Waals surface area (Å²) in [5.41, 5.74) is 2.45. The zero-order valence-electron chi connectivity index (χ0n) is 13.4. The Kier molecular flexibility index (Phi) is 4.31. The summed E-state index contributed by atoms with van der Waals surface area (Å²) >= 11 is 12.3. The molecule has 1 aliphatic rings. The van der Waals surface area contributed by atoms with Gasteiger partial charge >= 0.3 is 0 Å². The zero-order chi connectivity index (χ0) is 18.3. The maximum Gasteiger partial charge on any atom is 0.262 e. The molecule has 6 heteroatoms. The van der Waals surface area contributed by atoms with E-state index in [9.17, 15) is 9.18 Å². The van der Waals surface area contributed by atoms with E-state index in [0.717, 1.165) is 5.56 Å². The zero-order valence-corrected chi connectivity index (χ0v) is 14.9. The quantitative estimate of drug-likeness (QED) is 0.594. The van der Waals surface area contributed by atoms with E-state index >= 15 is 0 Å². The standard InChI is InChI=1S/C20H13Cl2FN2O/c21-15-7-3-1-5-13(15)19-24-18-8-4-2-6-14(18)20(26)25(19)12-9-10-17(23)16(22)11-12/h1-11,19,24H. The minimum Gasteiger partial charge on any atom is -0.360 e. The summed E-state index contributed by atoms with van der Waals surface area (Å²) < 4.78 is 13.6. The van der Waals surface area contributed by atoms with Gasteiger partial charge in [-0.25, -0.2) is 4.39 Å². The summed E-state index contributed by atoms with van der Waals surface area (Å²) in [6.07, 6.45) is -0.548. The molecule has 3 aromatic rings. The van der Waals surface area contributed by atoms with Crippen LogP contribution in [0.1, 0.15) is 22.1 Å². The number of rotatable bonds is 2. The number of amides is 1. The number of carbonyl (C=O) groups is 1. The van der Waals surface area contributed by atoms with Gasteiger partial charge in [0.1, 0.15) is 12.0 Å². The van der Waals surface area contributed by atoms with Crippen LogP contribution in [0.2, 0.25) is 10.0 Å². The van der Waals surface area contributed by atoms with Crippen molar-refractivity contribution in [3.05, 3.63) is 93.7 Å². The average Bonchev–Trinajstić information content (AvgIpc) is 2.65. The maximum atomic E-state index is 13.6. The Morgan fingerprint density at radius 1 is 0.923 bits per heavy atom. The van der Waals surface area contributed by atoms with Crippen LogP contribution in [0.25, 0.3) is 0 Å². The van der Waals surface area contributed by atoms with E-state index in [1.165, 1.54) is 23.1 Å². The topological polar surface area (TPSA) is 32.3 Å². The number of para-hydroxylation sites is 1. The van der Waals surface area contributed by atoms with Gasteiger partial charge in [-0.2, -0.15) is 0 Å². The SMILES string of the molecule is O=C1c2ccccc2NC(c2ccccc2Cl)N1c1ccc(F)c(Cl)c1. The molecule has 0 spiro atoms. The third-order valence-corrected chi connectivity index (χ3v) is 4.94. The molecule has 1 aliphatic heterocycles. The molecule has 0 radical (unpaired) electrons.